The van der Waals surface area contributed by atoms with Gasteiger partial charge in [-0.25, -0.2) is 0 Å². The van der Waals surface area contributed by atoms with Crippen molar-refractivity contribution in [3.63, 3.8) is 0 Å². The van der Waals surface area contributed by atoms with E-state index in [1.165, 1.54) is 6.07 Å². The van der Waals surface area contributed by atoms with Gasteiger partial charge in [-0.05, 0) is 31.9 Å². The summed E-state index contributed by atoms with van der Waals surface area (Å²) in [4.78, 5) is 11.8. The molecule has 0 saturated heterocycles. The number of benzene rings is 1. The molecule has 0 aliphatic heterocycles. The Morgan fingerprint density at radius 3 is 2.24 bits per heavy atom. The van der Waals surface area contributed by atoms with Gasteiger partial charge in [0.2, 0.25) is 0 Å². The summed E-state index contributed by atoms with van der Waals surface area (Å²) in [6.07, 6.45) is -4.76. The highest BCUT2D eigenvalue weighted by Crippen LogP contribution is 2.31. The Labute approximate surface area is 97.6 Å². The maximum atomic E-state index is 12.7. The molecule has 1 rings (SSSR count). The first-order chi connectivity index (χ1) is 7.59. The van der Waals surface area contributed by atoms with Crippen molar-refractivity contribution in [2.45, 2.75) is 32.5 Å². The Bertz CT molecular complexity index is 450. The third kappa shape index (κ3) is 2.34. The zero-order valence-corrected chi connectivity index (χ0v) is 9.85. The predicted octanol–water partition coefficient (Wildman–Crippen LogP) is 2.77. The van der Waals surface area contributed by atoms with Gasteiger partial charge in [-0.3, -0.25) is 4.79 Å². The monoisotopic (exact) mass is 245 g/mol. The molecule has 0 aromatic heterocycles. The molecule has 17 heavy (non-hydrogen) atoms. The van der Waals surface area contributed by atoms with Crippen molar-refractivity contribution in [2.24, 2.45) is 5.73 Å². The number of hydrogen-bond donors (Lipinski definition) is 1. The zero-order chi connectivity index (χ0) is 13.4. The summed E-state index contributed by atoms with van der Waals surface area (Å²) < 4.78 is 38.0. The first kappa shape index (κ1) is 13.7. The maximum Gasteiger partial charge on any atom is 0.413 e. The highest BCUT2D eigenvalue weighted by molar-refractivity contribution is 6.04. The lowest BCUT2D eigenvalue weighted by atomic mass is 9.88. The summed E-state index contributed by atoms with van der Waals surface area (Å²) in [7, 11) is 0. The van der Waals surface area contributed by atoms with Crippen LogP contribution in [-0.2, 0) is 0 Å². The second-order valence-corrected chi connectivity index (χ2v) is 4.28. The minimum Gasteiger partial charge on any atom is -0.311 e. The second kappa shape index (κ2) is 4.14. The number of rotatable bonds is 2. The molecule has 0 bridgehead atoms. The molecule has 1 aromatic carbocycles. The van der Waals surface area contributed by atoms with E-state index in [4.69, 9.17) is 5.73 Å². The molecule has 1 unspecified atom stereocenters. The average Bonchev–Trinajstić information content (AvgIpc) is 2.19. The van der Waals surface area contributed by atoms with Crippen LogP contribution in [-0.4, -0.2) is 17.5 Å². The molecule has 0 spiro atoms. The summed E-state index contributed by atoms with van der Waals surface area (Å²) >= 11 is 0. The van der Waals surface area contributed by atoms with Gasteiger partial charge in [0.1, 0.15) is 0 Å². The standard InChI is InChI=1S/C12H14F3NO/c1-7-5-4-6-9(8(7)2)10(17)11(3,16)12(13,14)15/h4-6H,16H2,1-3H3. The number of Topliss-reactive ketones (excluding diaryl/α,β-unsaturated/α-hetero) is 1. The highest BCUT2D eigenvalue weighted by Gasteiger charge is 2.54. The van der Waals surface area contributed by atoms with Crippen LogP contribution < -0.4 is 5.73 Å². The fraction of sp³-hybridized carbons (Fsp3) is 0.417. The molecule has 5 heteroatoms. The molecule has 1 atom stereocenters. The topological polar surface area (TPSA) is 43.1 Å². The molecule has 0 heterocycles. The van der Waals surface area contributed by atoms with E-state index in [9.17, 15) is 18.0 Å². The summed E-state index contributed by atoms with van der Waals surface area (Å²) in [6, 6.07) is 4.64. The summed E-state index contributed by atoms with van der Waals surface area (Å²) in [5.74, 6) is -1.11. The molecule has 0 amide bonds. The highest BCUT2D eigenvalue weighted by atomic mass is 19.4. The normalized spacial score (nSPS) is 15.5. The van der Waals surface area contributed by atoms with Crippen LogP contribution in [0.15, 0.2) is 18.2 Å². The maximum absolute atomic E-state index is 12.7. The van der Waals surface area contributed by atoms with Gasteiger partial charge in [-0.2, -0.15) is 13.2 Å². The van der Waals surface area contributed by atoms with Crippen LogP contribution >= 0.6 is 0 Å². The molecule has 94 valence electrons. The molecular weight excluding hydrogens is 231 g/mol. The van der Waals surface area contributed by atoms with Crippen molar-refractivity contribution >= 4 is 5.78 Å². The third-order valence-electron chi connectivity index (χ3n) is 2.91. The zero-order valence-electron chi connectivity index (χ0n) is 9.85. The Morgan fingerprint density at radius 1 is 1.24 bits per heavy atom. The lowest BCUT2D eigenvalue weighted by Gasteiger charge is -2.26. The van der Waals surface area contributed by atoms with Crippen molar-refractivity contribution in [1.82, 2.24) is 0 Å². The SMILES string of the molecule is Cc1cccc(C(=O)C(C)(N)C(F)(F)F)c1C. The number of carbonyl (C=O) groups excluding carboxylic acids is 1. The lowest BCUT2D eigenvalue weighted by Crippen LogP contribution is -2.57. The second-order valence-electron chi connectivity index (χ2n) is 4.28. The van der Waals surface area contributed by atoms with E-state index in [0.29, 0.717) is 12.5 Å². The first-order valence-electron chi connectivity index (χ1n) is 5.05. The van der Waals surface area contributed by atoms with E-state index >= 15 is 0 Å². The lowest BCUT2D eigenvalue weighted by molar-refractivity contribution is -0.165. The van der Waals surface area contributed by atoms with Crippen molar-refractivity contribution < 1.29 is 18.0 Å². The van der Waals surface area contributed by atoms with Crippen molar-refractivity contribution in [1.29, 1.82) is 0 Å². The van der Waals surface area contributed by atoms with Crippen LogP contribution in [0.3, 0.4) is 0 Å². The molecular formula is C12H14F3NO. The number of alkyl halides is 3. The van der Waals surface area contributed by atoms with Crippen LogP contribution in [0.2, 0.25) is 0 Å². The van der Waals surface area contributed by atoms with Gasteiger partial charge in [0.15, 0.2) is 11.3 Å². The average molecular weight is 245 g/mol. The van der Waals surface area contributed by atoms with E-state index in [-0.39, 0.29) is 5.56 Å². The van der Waals surface area contributed by atoms with E-state index in [1.807, 2.05) is 0 Å². The predicted molar refractivity (Wildman–Crippen MR) is 58.9 cm³/mol. The molecule has 2 nitrogen and oxygen atoms in total. The van der Waals surface area contributed by atoms with E-state index in [1.54, 1.807) is 26.0 Å². The Balaban J connectivity index is 3.27. The number of halogens is 3. The van der Waals surface area contributed by atoms with Gasteiger partial charge in [0, 0.05) is 5.56 Å². The Kier molecular flexibility index (Phi) is 3.34. The fourth-order valence-corrected chi connectivity index (χ4v) is 1.41. The molecule has 0 saturated carbocycles. The molecule has 0 aliphatic carbocycles. The Hall–Kier alpha value is -1.36. The minimum atomic E-state index is -4.76. The van der Waals surface area contributed by atoms with Gasteiger partial charge in [0.05, 0.1) is 0 Å². The van der Waals surface area contributed by atoms with Crippen LogP contribution in [0.5, 0.6) is 0 Å². The van der Waals surface area contributed by atoms with Gasteiger partial charge in [-0.1, -0.05) is 18.2 Å². The molecule has 0 radical (unpaired) electrons. The molecule has 0 aliphatic rings. The summed E-state index contributed by atoms with van der Waals surface area (Å²) in [5, 5.41) is 0. The molecule has 1 aromatic rings. The van der Waals surface area contributed by atoms with E-state index < -0.39 is 17.5 Å². The van der Waals surface area contributed by atoms with Crippen LogP contribution in [0.1, 0.15) is 28.4 Å². The van der Waals surface area contributed by atoms with Crippen LogP contribution in [0, 0.1) is 13.8 Å². The smallest absolute Gasteiger partial charge is 0.311 e. The largest absolute Gasteiger partial charge is 0.413 e. The van der Waals surface area contributed by atoms with Gasteiger partial charge in [-0.15, -0.1) is 0 Å². The Morgan fingerprint density at radius 2 is 1.76 bits per heavy atom. The first-order valence-corrected chi connectivity index (χ1v) is 5.05. The summed E-state index contributed by atoms with van der Waals surface area (Å²) in [5.41, 5.74) is 3.56. The molecule has 0 fully saturated rings. The number of hydrogen-bond acceptors (Lipinski definition) is 2. The van der Waals surface area contributed by atoms with Crippen LogP contribution in [0.25, 0.3) is 0 Å². The van der Waals surface area contributed by atoms with Crippen molar-refractivity contribution in [2.75, 3.05) is 0 Å². The minimum absolute atomic E-state index is 0.0207. The number of nitrogens with two attached hydrogens (primary N) is 1. The van der Waals surface area contributed by atoms with Gasteiger partial charge < -0.3 is 5.73 Å². The van der Waals surface area contributed by atoms with Crippen molar-refractivity contribution in [3.8, 4) is 0 Å². The number of aryl methyl sites for hydroxylation is 1. The summed E-state index contributed by atoms with van der Waals surface area (Å²) in [6.45, 7) is 4.03. The van der Waals surface area contributed by atoms with E-state index in [2.05, 4.69) is 0 Å². The van der Waals surface area contributed by atoms with Crippen LogP contribution in [0.4, 0.5) is 13.2 Å². The quantitative estimate of drug-likeness (QED) is 0.814. The number of carbonyl (C=O) groups is 1. The molecule has 2 N–H and O–H groups in total. The third-order valence-corrected chi connectivity index (χ3v) is 2.91. The van der Waals surface area contributed by atoms with Gasteiger partial charge in [0.25, 0.3) is 0 Å². The van der Waals surface area contributed by atoms with Crippen molar-refractivity contribution in [3.05, 3.63) is 34.9 Å². The fourth-order valence-electron chi connectivity index (χ4n) is 1.41. The van der Waals surface area contributed by atoms with E-state index in [0.717, 1.165) is 5.56 Å². The number of ketones is 1. The van der Waals surface area contributed by atoms with Gasteiger partial charge >= 0.3 is 6.18 Å².